The van der Waals surface area contributed by atoms with Gasteiger partial charge in [-0.2, -0.15) is 12.6 Å². The van der Waals surface area contributed by atoms with Crippen LogP contribution in [0.2, 0.25) is 0 Å². The number of primary amides is 1. The number of hydrogen-bond donors (Lipinski definition) is 9. The first-order chi connectivity index (χ1) is 15.3. The van der Waals surface area contributed by atoms with Crippen LogP contribution >= 0.6 is 12.6 Å². The van der Waals surface area contributed by atoms with E-state index in [9.17, 15) is 33.6 Å². The summed E-state index contributed by atoms with van der Waals surface area (Å²) in [5.41, 5.74) is 10.5. The van der Waals surface area contributed by atoms with E-state index in [1.54, 1.807) is 0 Å². The Morgan fingerprint density at radius 3 is 1.70 bits per heavy atom. The monoisotopic (exact) mass is 493 g/mol. The van der Waals surface area contributed by atoms with Crippen LogP contribution in [0, 0.1) is 0 Å². The zero-order chi connectivity index (χ0) is 25.7. The Bertz CT molecular complexity index is 777. The van der Waals surface area contributed by atoms with Crippen molar-refractivity contribution in [1.82, 2.24) is 16.0 Å². The summed E-state index contributed by atoms with van der Waals surface area (Å²) in [7, 11) is 0. The minimum absolute atomic E-state index is 0.174. The molecule has 0 radical (unpaired) electrons. The molecule has 0 aromatic carbocycles. The number of carbonyl (C=O) groups is 7. The van der Waals surface area contributed by atoms with Crippen molar-refractivity contribution in [1.29, 1.82) is 0 Å². The molecule has 4 unspecified atom stereocenters. The fraction of sp³-hybridized carbons (Fsp3) is 0.588. The van der Waals surface area contributed by atoms with E-state index in [4.69, 9.17) is 26.8 Å². The number of amides is 4. The predicted molar refractivity (Wildman–Crippen MR) is 113 cm³/mol. The molecule has 4 atom stereocenters. The average Bonchev–Trinajstić information content (AvgIpc) is 2.71. The summed E-state index contributed by atoms with van der Waals surface area (Å²) in [6.07, 6.45) is -2.38. The van der Waals surface area contributed by atoms with Gasteiger partial charge in [-0.3, -0.25) is 28.8 Å². The van der Waals surface area contributed by atoms with Crippen LogP contribution < -0.4 is 27.4 Å². The van der Waals surface area contributed by atoms with Gasteiger partial charge in [0.2, 0.25) is 23.6 Å². The van der Waals surface area contributed by atoms with E-state index < -0.39 is 85.0 Å². The molecule has 0 bridgehead atoms. The molecule has 0 aromatic rings. The second-order valence-corrected chi connectivity index (χ2v) is 7.21. The highest BCUT2D eigenvalue weighted by molar-refractivity contribution is 7.80. The summed E-state index contributed by atoms with van der Waals surface area (Å²) in [5.74, 6) is -8.45. The maximum atomic E-state index is 12.6. The van der Waals surface area contributed by atoms with Crippen LogP contribution in [-0.2, 0) is 33.6 Å². The average molecular weight is 493 g/mol. The number of aliphatic carboxylic acids is 3. The fourth-order valence-electron chi connectivity index (χ4n) is 2.36. The van der Waals surface area contributed by atoms with Gasteiger partial charge < -0.3 is 42.7 Å². The summed E-state index contributed by atoms with van der Waals surface area (Å²) in [4.78, 5) is 81.0. The second kappa shape index (κ2) is 14.6. The Labute approximate surface area is 193 Å². The molecule has 0 heterocycles. The lowest BCUT2D eigenvalue weighted by atomic mass is 10.1. The topological polar surface area (TPSA) is 268 Å². The Morgan fingerprint density at radius 1 is 0.727 bits per heavy atom. The van der Waals surface area contributed by atoms with E-state index in [-0.39, 0.29) is 18.6 Å². The van der Waals surface area contributed by atoms with E-state index >= 15 is 0 Å². The van der Waals surface area contributed by atoms with Gasteiger partial charge in [-0.05, 0) is 12.8 Å². The van der Waals surface area contributed by atoms with Crippen molar-refractivity contribution in [2.75, 3.05) is 5.75 Å². The smallest absolute Gasteiger partial charge is 0.327 e. The van der Waals surface area contributed by atoms with Crippen molar-refractivity contribution in [2.45, 2.75) is 56.3 Å². The van der Waals surface area contributed by atoms with Crippen molar-refractivity contribution >= 4 is 54.2 Å². The van der Waals surface area contributed by atoms with Crippen LogP contribution in [0.5, 0.6) is 0 Å². The zero-order valence-corrected chi connectivity index (χ0v) is 18.2. The van der Waals surface area contributed by atoms with Gasteiger partial charge in [0.05, 0.1) is 12.5 Å². The van der Waals surface area contributed by atoms with Crippen LogP contribution in [0.1, 0.15) is 32.1 Å². The van der Waals surface area contributed by atoms with Gasteiger partial charge in [-0.1, -0.05) is 0 Å². The van der Waals surface area contributed by atoms with Crippen molar-refractivity contribution in [3.8, 4) is 0 Å². The largest absolute Gasteiger partial charge is 0.481 e. The highest BCUT2D eigenvalue weighted by Gasteiger charge is 2.31. The third kappa shape index (κ3) is 12.3. The van der Waals surface area contributed by atoms with E-state index in [1.165, 1.54) is 0 Å². The molecule has 0 saturated carbocycles. The molecule has 0 aliphatic heterocycles. The summed E-state index contributed by atoms with van der Waals surface area (Å²) >= 11 is 3.78. The standard InChI is InChI=1S/C17H27N5O10S/c18-7(1-3-11(19)23)14(28)21-9(5-13(26)27)16(30)20-8(2-4-12(24)25)15(29)22-10(6-33)17(31)32/h7-10,33H,1-6,18H2,(H2,19,23)(H,20,30)(H,21,28)(H,22,29)(H,24,25)(H,26,27)(H,31,32). The molecular formula is C17H27N5O10S. The van der Waals surface area contributed by atoms with Crippen LogP contribution in [0.3, 0.4) is 0 Å². The zero-order valence-electron chi connectivity index (χ0n) is 17.4. The summed E-state index contributed by atoms with van der Waals surface area (Å²) in [5, 5.41) is 33.2. The van der Waals surface area contributed by atoms with Gasteiger partial charge in [0.1, 0.15) is 18.1 Å². The highest BCUT2D eigenvalue weighted by atomic mass is 32.1. The molecule has 0 saturated heterocycles. The molecule has 4 amide bonds. The Balaban J connectivity index is 5.47. The molecule has 0 aromatic heterocycles. The van der Waals surface area contributed by atoms with Gasteiger partial charge in [-0.15, -0.1) is 0 Å². The van der Waals surface area contributed by atoms with Gasteiger partial charge in [-0.25, -0.2) is 4.79 Å². The first kappa shape index (κ1) is 29.6. The number of carboxylic acid groups (broad SMARTS) is 3. The molecule has 0 rings (SSSR count). The SMILES string of the molecule is NC(=O)CCC(N)C(=O)NC(CC(=O)O)C(=O)NC(CCC(=O)O)C(=O)NC(CS)C(=O)O. The molecule has 0 fully saturated rings. The third-order valence-electron chi connectivity index (χ3n) is 4.13. The Morgan fingerprint density at radius 2 is 1.24 bits per heavy atom. The molecule has 0 aliphatic rings. The summed E-state index contributed by atoms with van der Waals surface area (Å²) < 4.78 is 0. The van der Waals surface area contributed by atoms with Gasteiger partial charge in [0.25, 0.3) is 0 Å². The maximum absolute atomic E-state index is 12.6. The van der Waals surface area contributed by atoms with Crippen LogP contribution in [-0.4, -0.2) is 86.8 Å². The lowest BCUT2D eigenvalue weighted by molar-refractivity contribution is -0.143. The first-order valence-corrected chi connectivity index (χ1v) is 10.1. The highest BCUT2D eigenvalue weighted by Crippen LogP contribution is 2.04. The van der Waals surface area contributed by atoms with Gasteiger partial charge in [0, 0.05) is 18.6 Å². The van der Waals surface area contributed by atoms with E-state index in [0.717, 1.165) is 0 Å². The van der Waals surface area contributed by atoms with Crippen molar-refractivity contribution in [3.63, 3.8) is 0 Å². The predicted octanol–water partition coefficient (Wildman–Crippen LogP) is -3.61. The first-order valence-electron chi connectivity index (χ1n) is 9.50. The number of nitrogens with two attached hydrogens (primary N) is 2. The maximum Gasteiger partial charge on any atom is 0.327 e. The Hall–Kier alpha value is -3.40. The second-order valence-electron chi connectivity index (χ2n) is 6.85. The van der Waals surface area contributed by atoms with Crippen molar-refractivity contribution in [3.05, 3.63) is 0 Å². The van der Waals surface area contributed by atoms with E-state index in [2.05, 4.69) is 28.6 Å². The lowest BCUT2D eigenvalue weighted by Crippen LogP contribution is -2.57. The van der Waals surface area contributed by atoms with Gasteiger partial charge >= 0.3 is 17.9 Å². The van der Waals surface area contributed by atoms with Crippen molar-refractivity contribution in [2.24, 2.45) is 11.5 Å². The van der Waals surface area contributed by atoms with Crippen LogP contribution in [0.25, 0.3) is 0 Å². The number of hydrogen-bond acceptors (Lipinski definition) is 9. The molecule has 33 heavy (non-hydrogen) atoms. The molecule has 186 valence electrons. The quantitative estimate of drug-likeness (QED) is 0.0947. The third-order valence-corrected chi connectivity index (χ3v) is 4.49. The molecule has 15 nitrogen and oxygen atoms in total. The fourth-order valence-corrected chi connectivity index (χ4v) is 2.61. The molecular weight excluding hydrogens is 466 g/mol. The summed E-state index contributed by atoms with van der Waals surface area (Å²) in [6, 6.07) is -6.01. The molecule has 0 spiro atoms. The molecule has 16 heteroatoms. The molecule has 10 N–H and O–H groups in total. The van der Waals surface area contributed by atoms with E-state index in [1.807, 2.05) is 0 Å². The normalized spacial score (nSPS) is 14.1. The Kier molecular flexibility index (Phi) is 13.1. The summed E-state index contributed by atoms with van der Waals surface area (Å²) in [6.45, 7) is 0. The van der Waals surface area contributed by atoms with Gasteiger partial charge in [0.15, 0.2) is 0 Å². The minimum atomic E-state index is -1.71. The van der Waals surface area contributed by atoms with Crippen LogP contribution in [0.15, 0.2) is 0 Å². The number of carbonyl (C=O) groups excluding carboxylic acids is 4. The molecule has 0 aliphatic carbocycles. The lowest BCUT2D eigenvalue weighted by Gasteiger charge is -2.24. The number of nitrogens with one attached hydrogen (secondary N) is 3. The number of rotatable bonds is 16. The van der Waals surface area contributed by atoms with Crippen molar-refractivity contribution < 1.29 is 48.9 Å². The number of thiol groups is 1. The minimum Gasteiger partial charge on any atom is -0.481 e. The number of carboxylic acids is 3. The van der Waals surface area contributed by atoms with E-state index in [0.29, 0.717) is 0 Å². The van der Waals surface area contributed by atoms with Crippen LogP contribution in [0.4, 0.5) is 0 Å².